The summed E-state index contributed by atoms with van der Waals surface area (Å²) in [6.07, 6.45) is -2.52. The van der Waals surface area contributed by atoms with Crippen LogP contribution in [-0.4, -0.2) is 55.0 Å². The third kappa shape index (κ3) is 3.09. The lowest BCUT2D eigenvalue weighted by molar-refractivity contribution is -0.162. The van der Waals surface area contributed by atoms with E-state index in [4.69, 9.17) is 5.10 Å². The van der Waals surface area contributed by atoms with Crippen molar-refractivity contribution < 1.29 is 15.3 Å². The van der Waals surface area contributed by atoms with Crippen LogP contribution in [-0.2, 0) is 0 Å². The Kier molecular flexibility index (Phi) is 4.93. The fraction of sp³-hybridized carbons (Fsp3) is 0.423. The number of para-hydroxylation sites is 1. The summed E-state index contributed by atoms with van der Waals surface area (Å²) in [7, 11) is 0. The highest BCUT2D eigenvalue weighted by Gasteiger charge is 2.59. The second-order valence-corrected chi connectivity index (χ2v) is 10.1. The smallest absolute Gasteiger partial charge is 0.152 e. The maximum Gasteiger partial charge on any atom is 0.152 e. The van der Waals surface area contributed by atoms with E-state index in [2.05, 4.69) is 4.98 Å². The molecular formula is C26H31N3O3. The molecule has 1 aliphatic heterocycles. The number of hydrogen-bond acceptors (Lipinski definition) is 5. The minimum Gasteiger partial charge on any atom is -0.392 e. The molecule has 0 radical (unpaired) electrons. The lowest BCUT2D eigenvalue weighted by Crippen LogP contribution is -2.61. The molecule has 4 atom stereocenters. The summed E-state index contributed by atoms with van der Waals surface area (Å²) in [5.74, 6) is -1.43. The summed E-state index contributed by atoms with van der Waals surface area (Å²) in [5.41, 5.74) is 4.11. The Morgan fingerprint density at radius 3 is 2.16 bits per heavy atom. The number of H-pyrrole nitrogens is 1. The molecule has 0 spiro atoms. The molecule has 6 nitrogen and oxygen atoms in total. The molecule has 0 amide bonds. The number of aromatic nitrogens is 1. The lowest BCUT2D eigenvalue weighted by Gasteiger charge is -2.50. The average Bonchev–Trinajstić information content (AvgIpc) is 3.26. The van der Waals surface area contributed by atoms with Crippen LogP contribution < -0.4 is 0 Å². The van der Waals surface area contributed by atoms with Crippen LogP contribution in [0.2, 0.25) is 0 Å². The Hall–Kier alpha value is -2.67. The van der Waals surface area contributed by atoms with Crippen LogP contribution in [0.25, 0.3) is 10.9 Å². The van der Waals surface area contributed by atoms with Gasteiger partial charge < -0.3 is 20.3 Å². The Bertz CT molecular complexity index is 1150. The summed E-state index contributed by atoms with van der Waals surface area (Å²) in [6, 6.07) is 17.7. The van der Waals surface area contributed by atoms with Gasteiger partial charge in [-0.15, -0.1) is 0 Å². The third-order valence-corrected chi connectivity index (χ3v) is 7.08. The summed E-state index contributed by atoms with van der Waals surface area (Å²) >= 11 is 0. The minimum atomic E-state index is -0.926. The predicted octanol–water partition coefficient (Wildman–Crippen LogP) is 3.36. The SMILES string of the molecule is Cc1[nH]c2ccccc2c1C1C(O)C(C2C(c3ccccc3)=NN(C(C)(C)C)C2O)C1O. The molecule has 4 unspecified atom stereocenters. The highest BCUT2D eigenvalue weighted by Crippen LogP contribution is 2.52. The standard InChI is InChI=1S/C26H31N3O3/c1-14-18(16-12-8-9-13-17(16)27-14)20-23(30)21(24(20)31)19-22(15-10-6-5-7-11-15)28-29(25(19)32)26(2,3)4/h5-13,19-21,23-25,27,30-32H,1-4H3. The molecule has 168 valence electrons. The number of nitrogens with one attached hydrogen (secondary N) is 1. The second kappa shape index (κ2) is 7.44. The van der Waals surface area contributed by atoms with Crippen LogP contribution in [0.3, 0.4) is 0 Å². The molecule has 32 heavy (non-hydrogen) atoms. The van der Waals surface area contributed by atoms with Crippen molar-refractivity contribution in [2.24, 2.45) is 16.9 Å². The third-order valence-electron chi connectivity index (χ3n) is 7.08. The summed E-state index contributed by atoms with van der Waals surface area (Å²) < 4.78 is 0. The quantitative estimate of drug-likeness (QED) is 0.510. The van der Waals surface area contributed by atoms with E-state index in [0.717, 1.165) is 27.7 Å². The van der Waals surface area contributed by atoms with Crippen molar-refractivity contribution in [2.45, 2.75) is 57.6 Å². The molecule has 0 saturated heterocycles. The van der Waals surface area contributed by atoms with E-state index < -0.39 is 41.7 Å². The van der Waals surface area contributed by atoms with Crippen molar-refractivity contribution in [1.29, 1.82) is 0 Å². The number of rotatable bonds is 3. The molecule has 6 heteroatoms. The van der Waals surface area contributed by atoms with Crippen molar-refractivity contribution in [2.75, 3.05) is 0 Å². The van der Waals surface area contributed by atoms with E-state index in [-0.39, 0.29) is 0 Å². The van der Waals surface area contributed by atoms with Gasteiger partial charge >= 0.3 is 0 Å². The number of nitrogens with zero attached hydrogens (tertiary/aromatic N) is 2. The van der Waals surface area contributed by atoms with Crippen LogP contribution >= 0.6 is 0 Å². The number of aliphatic hydroxyl groups excluding tert-OH is 3. The Balaban J connectivity index is 1.53. The first-order valence-electron chi connectivity index (χ1n) is 11.2. The van der Waals surface area contributed by atoms with E-state index in [9.17, 15) is 15.3 Å². The summed E-state index contributed by atoms with van der Waals surface area (Å²) in [5, 5.41) is 41.6. The largest absolute Gasteiger partial charge is 0.392 e. The van der Waals surface area contributed by atoms with E-state index >= 15 is 0 Å². The molecule has 1 saturated carbocycles. The van der Waals surface area contributed by atoms with E-state index in [1.165, 1.54) is 0 Å². The van der Waals surface area contributed by atoms with Crippen LogP contribution in [0.4, 0.5) is 0 Å². The van der Waals surface area contributed by atoms with Crippen LogP contribution in [0, 0.1) is 18.8 Å². The monoisotopic (exact) mass is 433 g/mol. The van der Waals surface area contributed by atoms with Crippen molar-refractivity contribution in [1.82, 2.24) is 9.99 Å². The number of aliphatic hydroxyl groups is 3. The maximum absolute atomic E-state index is 11.4. The van der Waals surface area contributed by atoms with Crippen LogP contribution in [0.5, 0.6) is 0 Å². The molecule has 2 aliphatic rings. The Labute approximate surface area is 188 Å². The number of fused-ring (bicyclic) bond motifs is 1. The van der Waals surface area contributed by atoms with Crippen molar-refractivity contribution in [3.05, 3.63) is 71.4 Å². The first-order chi connectivity index (χ1) is 15.2. The van der Waals surface area contributed by atoms with Gasteiger partial charge in [-0.05, 0) is 44.9 Å². The van der Waals surface area contributed by atoms with Crippen molar-refractivity contribution >= 4 is 16.6 Å². The molecule has 2 heterocycles. The van der Waals surface area contributed by atoms with Gasteiger partial charge in [0.1, 0.15) is 0 Å². The summed E-state index contributed by atoms with van der Waals surface area (Å²) in [6.45, 7) is 7.97. The van der Waals surface area contributed by atoms with Gasteiger partial charge in [0, 0.05) is 28.4 Å². The number of aryl methyl sites for hydroxylation is 1. The van der Waals surface area contributed by atoms with Crippen LogP contribution in [0.15, 0.2) is 59.7 Å². The first kappa shape index (κ1) is 21.2. The zero-order valence-electron chi connectivity index (χ0n) is 18.9. The molecule has 3 aromatic rings. The summed E-state index contributed by atoms with van der Waals surface area (Å²) in [4.78, 5) is 3.37. The van der Waals surface area contributed by atoms with Gasteiger partial charge in [0.2, 0.25) is 0 Å². The normalized spacial score (nSPS) is 30.5. The maximum atomic E-state index is 11.4. The average molecular weight is 434 g/mol. The second-order valence-electron chi connectivity index (χ2n) is 10.1. The van der Waals surface area contributed by atoms with Gasteiger partial charge in [-0.2, -0.15) is 5.10 Å². The molecule has 1 aromatic heterocycles. The van der Waals surface area contributed by atoms with E-state index in [0.29, 0.717) is 5.71 Å². The lowest BCUT2D eigenvalue weighted by atomic mass is 9.59. The van der Waals surface area contributed by atoms with Gasteiger partial charge in [0.25, 0.3) is 0 Å². The molecule has 1 fully saturated rings. The minimum absolute atomic E-state index is 0.402. The van der Waals surface area contributed by atoms with Gasteiger partial charge in [-0.25, -0.2) is 0 Å². The van der Waals surface area contributed by atoms with Crippen LogP contribution in [0.1, 0.15) is 43.5 Å². The zero-order valence-corrected chi connectivity index (χ0v) is 18.9. The van der Waals surface area contributed by atoms with Crippen molar-refractivity contribution in [3.63, 3.8) is 0 Å². The molecule has 5 rings (SSSR count). The number of benzene rings is 2. The fourth-order valence-corrected chi connectivity index (χ4v) is 5.55. The molecule has 0 bridgehead atoms. The Morgan fingerprint density at radius 2 is 1.50 bits per heavy atom. The first-order valence-corrected chi connectivity index (χ1v) is 11.2. The topological polar surface area (TPSA) is 92.1 Å². The fourth-order valence-electron chi connectivity index (χ4n) is 5.55. The zero-order chi connectivity index (χ0) is 22.8. The predicted molar refractivity (Wildman–Crippen MR) is 125 cm³/mol. The number of hydrazone groups is 1. The number of hydrogen-bond donors (Lipinski definition) is 4. The van der Waals surface area contributed by atoms with E-state index in [1.54, 1.807) is 5.01 Å². The highest BCUT2D eigenvalue weighted by atomic mass is 16.3. The van der Waals surface area contributed by atoms with Gasteiger partial charge in [0.15, 0.2) is 6.23 Å². The van der Waals surface area contributed by atoms with Crippen molar-refractivity contribution in [3.8, 4) is 0 Å². The van der Waals surface area contributed by atoms with Gasteiger partial charge in [0.05, 0.1) is 29.4 Å². The molecule has 1 aliphatic carbocycles. The molecule has 4 N–H and O–H groups in total. The molecule has 2 aromatic carbocycles. The molecular weight excluding hydrogens is 402 g/mol. The van der Waals surface area contributed by atoms with E-state index in [1.807, 2.05) is 82.3 Å². The Morgan fingerprint density at radius 1 is 0.875 bits per heavy atom. The van der Waals surface area contributed by atoms with Gasteiger partial charge in [-0.1, -0.05) is 48.5 Å². The van der Waals surface area contributed by atoms with Gasteiger partial charge in [-0.3, -0.25) is 5.01 Å². The number of aromatic amines is 1. The highest BCUT2D eigenvalue weighted by molar-refractivity contribution is 6.03.